The first-order chi connectivity index (χ1) is 26.0. The van der Waals surface area contributed by atoms with E-state index in [1.165, 1.54) is 16.7 Å². The number of amides is 4. The van der Waals surface area contributed by atoms with Crippen LogP contribution in [0.5, 0.6) is 0 Å². The molecule has 14 heteroatoms. The third-order valence-electron chi connectivity index (χ3n) is 10.9. The number of hydrogen-bond acceptors (Lipinski definition) is 6. The van der Waals surface area contributed by atoms with Crippen LogP contribution < -0.4 is 16.8 Å². The Morgan fingerprint density at radius 3 is 2.06 bits per heavy atom. The first kappa shape index (κ1) is 36.2. The molecule has 280 valence electrons. The molecule has 4 heterocycles. The van der Waals surface area contributed by atoms with E-state index in [2.05, 4.69) is 15.3 Å². The minimum atomic E-state index is -1.17. The highest BCUT2D eigenvalue weighted by Gasteiger charge is 2.44. The fraction of sp³-hybridized carbons (Fsp3) is 0.350. The summed E-state index contributed by atoms with van der Waals surface area (Å²) in [5, 5.41) is 14.2. The van der Waals surface area contributed by atoms with Crippen LogP contribution in [0.4, 0.5) is 0 Å². The Kier molecular flexibility index (Phi) is 10.1. The number of aromatic amines is 1. The van der Waals surface area contributed by atoms with Gasteiger partial charge in [0.1, 0.15) is 24.2 Å². The minimum absolute atomic E-state index is 0.00549. The van der Waals surface area contributed by atoms with Crippen molar-refractivity contribution in [3.63, 3.8) is 0 Å². The molecule has 0 saturated carbocycles. The predicted molar refractivity (Wildman–Crippen MR) is 200 cm³/mol. The van der Waals surface area contributed by atoms with Crippen LogP contribution in [0.25, 0.3) is 10.9 Å². The van der Waals surface area contributed by atoms with Crippen molar-refractivity contribution in [2.45, 2.75) is 82.8 Å². The molecule has 3 aliphatic rings. The molecule has 0 spiro atoms. The van der Waals surface area contributed by atoms with Crippen molar-refractivity contribution in [3.05, 3.63) is 106 Å². The van der Waals surface area contributed by atoms with Crippen molar-refractivity contribution in [1.82, 2.24) is 25.0 Å². The molecule has 7 N–H and O–H groups in total. The number of aliphatic imine (C=N–C) groups is 1. The maximum atomic E-state index is 14.6. The van der Waals surface area contributed by atoms with Crippen LogP contribution in [-0.4, -0.2) is 91.1 Å². The summed E-state index contributed by atoms with van der Waals surface area (Å²) in [5.74, 6) is -3.01. The molecule has 3 aliphatic heterocycles. The number of fused-ring (bicyclic) bond motifs is 5. The molecule has 0 radical (unpaired) electrons. The van der Waals surface area contributed by atoms with Crippen molar-refractivity contribution in [1.29, 1.82) is 0 Å². The Morgan fingerprint density at radius 2 is 1.41 bits per heavy atom. The number of carboxylic acid groups (broad SMARTS) is 1. The van der Waals surface area contributed by atoms with E-state index in [0.29, 0.717) is 12.8 Å². The zero-order valence-electron chi connectivity index (χ0n) is 30.0. The zero-order chi connectivity index (χ0) is 38.1. The number of hydrogen-bond donors (Lipinski definition) is 5. The molecule has 1 unspecified atom stereocenters. The van der Waals surface area contributed by atoms with E-state index in [-0.39, 0.29) is 63.2 Å². The smallest absolute Gasteiger partial charge is 0.326 e. The molecule has 0 fully saturated rings. The number of nitrogens with one attached hydrogen (secondary N) is 2. The largest absolute Gasteiger partial charge is 0.480 e. The first-order valence-electron chi connectivity index (χ1n) is 18.2. The van der Waals surface area contributed by atoms with Gasteiger partial charge in [0.05, 0.1) is 6.54 Å². The normalized spacial score (nSPS) is 19.6. The molecule has 1 aromatic heterocycles. The Balaban J connectivity index is 1.19. The molecule has 0 bridgehead atoms. The van der Waals surface area contributed by atoms with E-state index in [0.717, 1.165) is 44.4 Å². The monoisotopic (exact) mass is 732 g/mol. The maximum absolute atomic E-state index is 14.6. The third kappa shape index (κ3) is 7.10. The molecule has 0 aliphatic carbocycles. The quantitative estimate of drug-likeness (QED) is 0.0975. The van der Waals surface area contributed by atoms with Crippen molar-refractivity contribution in [2.75, 3.05) is 6.54 Å². The summed E-state index contributed by atoms with van der Waals surface area (Å²) in [7, 11) is 0. The topological polar surface area (TPSA) is 208 Å². The van der Waals surface area contributed by atoms with E-state index in [1.54, 1.807) is 4.90 Å². The van der Waals surface area contributed by atoms with Crippen LogP contribution in [-0.2, 0) is 62.9 Å². The second-order valence-corrected chi connectivity index (χ2v) is 14.3. The minimum Gasteiger partial charge on any atom is -0.480 e. The van der Waals surface area contributed by atoms with Crippen LogP contribution >= 0.6 is 0 Å². The van der Waals surface area contributed by atoms with E-state index in [1.807, 2.05) is 72.8 Å². The second-order valence-electron chi connectivity index (χ2n) is 14.3. The Labute approximate surface area is 312 Å². The lowest BCUT2D eigenvalue weighted by Gasteiger charge is -2.42. The van der Waals surface area contributed by atoms with Crippen LogP contribution in [0.15, 0.2) is 77.8 Å². The highest BCUT2D eigenvalue weighted by Crippen LogP contribution is 2.32. The molecule has 4 aromatic rings. The van der Waals surface area contributed by atoms with Crippen molar-refractivity contribution in [3.8, 4) is 0 Å². The number of para-hydroxylation sites is 1. The van der Waals surface area contributed by atoms with Gasteiger partial charge in [-0.2, -0.15) is 0 Å². The number of aliphatic carboxylic acids is 1. The summed E-state index contributed by atoms with van der Waals surface area (Å²) in [6.07, 6.45) is 0.996. The fourth-order valence-corrected chi connectivity index (χ4v) is 8.14. The summed E-state index contributed by atoms with van der Waals surface area (Å²) < 4.78 is 0. The van der Waals surface area contributed by atoms with Gasteiger partial charge in [0.2, 0.25) is 23.6 Å². The second kappa shape index (κ2) is 15.0. The lowest BCUT2D eigenvalue weighted by Crippen LogP contribution is -2.62. The van der Waals surface area contributed by atoms with Gasteiger partial charge in [-0.25, -0.2) is 4.79 Å². The van der Waals surface area contributed by atoms with Gasteiger partial charge in [-0.05, 0) is 46.7 Å². The highest BCUT2D eigenvalue weighted by molar-refractivity contribution is 5.96. The predicted octanol–water partition coefficient (Wildman–Crippen LogP) is 1.97. The number of nitrogens with zero attached hydrogens (tertiary/aromatic N) is 4. The van der Waals surface area contributed by atoms with Crippen LogP contribution in [0.3, 0.4) is 0 Å². The molecule has 14 nitrogen and oxygen atoms in total. The Bertz CT molecular complexity index is 2160. The number of rotatable bonds is 9. The number of carbonyl (C=O) groups excluding carboxylic acids is 4. The number of carboxylic acids is 1. The molecule has 4 amide bonds. The zero-order valence-corrected chi connectivity index (χ0v) is 30.0. The summed E-state index contributed by atoms with van der Waals surface area (Å²) >= 11 is 0. The number of benzene rings is 3. The van der Waals surface area contributed by atoms with Gasteiger partial charge in [0, 0.05) is 62.4 Å². The molecule has 4 atom stereocenters. The summed E-state index contributed by atoms with van der Waals surface area (Å²) in [6, 6.07) is 18.7. The number of guanidine groups is 1. The molecular formula is C40H44N8O6. The third-order valence-corrected chi connectivity index (χ3v) is 10.9. The van der Waals surface area contributed by atoms with E-state index in [9.17, 15) is 29.1 Å². The van der Waals surface area contributed by atoms with Gasteiger partial charge < -0.3 is 41.6 Å². The summed E-state index contributed by atoms with van der Waals surface area (Å²) in [6.45, 7) is 2.03. The van der Waals surface area contributed by atoms with Gasteiger partial charge in [-0.15, -0.1) is 0 Å². The molecule has 54 heavy (non-hydrogen) atoms. The molecule has 3 aromatic carbocycles. The SMILES string of the molecule is CC(=O)N1Cc2ccccc2C[C@H]1C(=O)N1Cc2ccccc2C[C@@H]1C(=O)N[C@@H](CCCN=C(N)N)C(=O)N1Cc2[nH]c3ccccc3c2CC1C(=O)O. The van der Waals surface area contributed by atoms with E-state index >= 15 is 0 Å². The van der Waals surface area contributed by atoms with Gasteiger partial charge >= 0.3 is 5.97 Å². The fourth-order valence-electron chi connectivity index (χ4n) is 8.14. The standard InChI is InChI=1S/C40H44N8O6/c1-23(49)46-20-26-11-4-3-10-25(26)18-34(46)38(52)47-21-27-12-5-2-9-24(27)17-33(47)36(50)45-31(15-8-16-43-40(41)42)37(51)48-22-32-29(19-35(48)39(53)54)28-13-6-7-14-30(28)44-32/h2-7,9-14,31,33-35,44H,8,15-22H2,1H3,(H,45,50)(H,53,54)(H4,41,42,43)/t31-,33+,34-,35?/m0/s1. The van der Waals surface area contributed by atoms with Gasteiger partial charge in [0.25, 0.3) is 0 Å². The lowest BCUT2D eigenvalue weighted by molar-refractivity contribution is -0.154. The maximum Gasteiger partial charge on any atom is 0.326 e. The molecular weight excluding hydrogens is 688 g/mol. The number of aromatic nitrogens is 1. The van der Waals surface area contributed by atoms with E-state index in [4.69, 9.17) is 11.5 Å². The summed E-state index contributed by atoms with van der Waals surface area (Å²) in [4.78, 5) is 81.0. The number of H-pyrrole nitrogens is 1. The average molecular weight is 733 g/mol. The van der Waals surface area contributed by atoms with Crippen LogP contribution in [0.1, 0.15) is 53.3 Å². The average Bonchev–Trinajstić information content (AvgIpc) is 3.54. The van der Waals surface area contributed by atoms with Gasteiger partial charge in [-0.3, -0.25) is 24.2 Å². The molecule has 7 rings (SSSR count). The number of nitrogens with two attached hydrogens (primary N) is 2. The van der Waals surface area contributed by atoms with Crippen molar-refractivity contribution in [2.24, 2.45) is 16.5 Å². The van der Waals surface area contributed by atoms with Gasteiger partial charge in [-0.1, -0.05) is 66.7 Å². The first-order valence-corrected chi connectivity index (χ1v) is 18.2. The van der Waals surface area contributed by atoms with Crippen LogP contribution in [0.2, 0.25) is 0 Å². The highest BCUT2D eigenvalue weighted by atomic mass is 16.4. The van der Waals surface area contributed by atoms with Gasteiger partial charge in [0.15, 0.2) is 5.96 Å². The van der Waals surface area contributed by atoms with Crippen LogP contribution in [0, 0.1) is 0 Å². The number of carbonyl (C=O) groups is 5. The summed E-state index contributed by atoms with van der Waals surface area (Å²) in [5.41, 5.74) is 17.2. The Hall–Kier alpha value is -6.18. The van der Waals surface area contributed by atoms with Crippen molar-refractivity contribution < 1.29 is 29.1 Å². The Morgan fingerprint density at radius 1 is 0.796 bits per heavy atom. The molecule has 0 saturated heterocycles. The van der Waals surface area contributed by atoms with E-state index < -0.39 is 42.0 Å². The lowest BCUT2D eigenvalue weighted by atomic mass is 9.89. The van der Waals surface area contributed by atoms with Crippen molar-refractivity contribution >= 4 is 46.5 Å².